The summed E-state index contributed by atoms with van der Waals surface area (Å²) in [5.41, 5.74) is 3.49. The SMILES string of the molecule is CSCCC(NS(=O)(=O)c1ccc(C)cc1C)C(=O)NC(c1ccccc1)c1ccccc1. The first-order valence-electron chi connectivity index (χ1n) is 10.8. The highest BCUT2D eigenvalue weighted by molar-refractivity contribution is 7.98. The second-order valence-corrected chi connectivity index (χ2v) is 10.7. The molecule has 5 nitrogen and oxygen atoms in total. The number of rotatable bonds is 10. The highest BCUT2D eigenvalue weighted by atomic mass is 32.2. The Bertz CT molecular complexity index is 1130. The second kappa shape index (κ2) is 11.5. The van der Waals surface area contributed by atoms with Gasteiger partial charge in [0.2, 0.25) is 15.9 Å². The minimum absolute atomic E-state index is 0.192. The molecule has 1 atom stereocenters. The Balaban J connectivity index is 1.88. The van der Waals surface area contributed by atoms with E-state index in [2.05, 4.69) is 10.0 Å². The lowest BCUT2D eigenvalue weighted by molar-refractivity contribution is -0.123. The molecular formula is C26H30N2O3S2. The van der Waals surface area contributed by atoms with E-state index >= 15 is 0 Å². The van der Waals surface area contributed by atoms with E-state index in [1.165, 1.54) is 0 Å². The number of hydrogen-bond acceptors (Lipinski definition) is 4. The summed E-state index contributed by atoms with van der Waals surface area (Å²) in [5.74, 6) is 0.296. The Kier molecular flexibility index (Phi) is 8.72. The molecule has 0 spiro atoms. The van der Waals surface area contributed by atoms with Crippen LogP contribution in [0.15, 0.2) is 83.8 Å². The van der Waals surface area contributed by atoms with Crippen LogP contribution in [0.4, 0.5) is 0 Å². The quantitative estimate of drug-likeness (QED) is 0.443. The second-order valence-electron chi connectivity index (χ2n) is 7.99. The molecule has 0 aliphatic heterocycles. The van der Waals surface area contributed by atoms with Gasteiger partial charge in [-0.1, -0.05) is 78.4 Å². The molecule has 0 aliphatic carbocycles. The summed E-state index contributed by atoms with van der Waals surface area (Å²) < 4.78 is 29.0. The molecule has 1 unspecified atom stereocenters. The fourth-order valence-electron chi connectivity index (χ4n) is 3.72. The van der Waals surface area contributed by atoms with Gasteiger partial charge in [-0.3, -0.25) is 4.79 Å². The smallest absolute Gasteiger partial charge is 0.241 e. The van der Waals surface area contributed by atoms with Gasteiger partial charge in [-0.15, -0.1) is 0 Å². The van der Waals surface area contributed by atoms with Crippen LogP contribution in [-0.4, -0.2) is 32.4 Å². The topological polar surface area (TPSA) is 75.3 Å². The normalized spacial score (nSPS) is 12.5. The van der Waals surface area contributed by atoms with E-state index in [0.29, 0.717) is 17.7 Å². The van der Waals surface area contributed by atoms with Gasteiger partial charge in [-0.25, -0.2) is 8.42 Å². The molecule has 0 saturated heterocycles. The van der Waals surface area contributed by atoms with Gasteiger partial charge in [0.1, 0.15) is 6.04 Å². The average molecular weight is 483 g/mol. The molecule has 174 valence electrons. The minimum atomic E-state index is -3.87. The summed E-state index contributed by atoms with van der Waals surface area (Å²) >= 11 is 1.57. The van der Waals surface area contributed by atoms with Crippen LogP contribution in [0.2, 0.25) is 0 Å². The lowest BCUT2D eigenvalue weighted by atomic mass is 9.98. The van der Waals surface area contributed by atoms with Crippen molar-refractivity contribution in [2.75, 3.05) is 12.0 Å². The standard InChI is InChI=1S/C26H30N2O3S2/c1-19-14-15-24(20(2)18-19)33(30,31)28-23(16-17-32-3)26(29)27-25(21-10-6-4-7-11-21)22-12-8-5-9-13-22/h4-15,18,23,25,28H,16-17H2,1-3H3,(H,27,29). The summed E-state index contributed by atoms with van der Waals surface area (Å²) in [7, 11) is -3.87. The Morgan fingerprint density at radius 1 is 0.909 bits per heavy atom. The fraction of sp³-hybridized carbons (Fsp3) is 0.269. The average Bonchev–Trinajstić information content (AvgIpc) is 2.81. The largest absolute Gasteiger partial charge is 0.344 e. The molecule has 0 radical (unpaired) electrons. The molecule has 2 N–H and O–H groups in total. The number of nitrogens with one attached hydrogen (secondary N) is 2. The van der Waals surface area contributed by atoms with Crippen molar-refractivity contribution in [3.05, 3.63) is 101 Å². The molecule has 3 aromatic carbocycles. The van der Waals surface area contributed by atoms with Crippen LogP contribution in [-0.2, 0) is 14.8 Å². The van der Waals surface area contributed by atoms with Crippen molar-refractivity contribution in [2.24, 2.45) is 0 Å². The third-order valence-corrected chi connectivity index (χ3v) is 7.67. The third-order valence-electron chi connectivity index (χ3n) is 5.40. The molecule has 33 heavy (non-hydrogen) atoms. The third kappa shape index (κ3) is 6.69. The number of benzene rings is 3. The Hall–Kier alpha value is -2.61. The van der Waals surface area contributed by atoms with Crippen LogP contribution in [0.25, 0.3) is 0 Å². The van der Waals surface area contributed by atoms with Crippen molar-refractivity contribution >= 4 is 27.7 Å². The van der Waals surface area contributed by atoms with Crippen LogP contribution in [0.3, 0.4) is 0 Å². The molecule has 1 amide bonds. The number of amides is 1. The van der Waals surface area contributed by atoms with Gasteiger partial charge >= 0.3 is 0 Å². The van der Waals surface area contributed by atoms with Crippen LogP contribution >= 0.6 is 11.8 Å². The van der Waals surface area contributed by atoms with E-state index < -0.39 is 16.1 Å². The highest BCUT2D eigenvalue weighted by Gasteiger charge is 2.28. The van der Waals surface area contributed by atoms with Crippen molar-refractivity contribution in [2.45, 2.75) is 37.2 Å². The van der Waals surface area contributed by atoms with Gasteiger partial charge < -0.3 is 5.32 Å². The van der Waals surface area contributed by atoms with Crippen molar-refractivity contribution in [1.82, 2.24) is 10.0 Å². The number of aryl methyl sites for hydroxylation is 2. The predicted octanol–water partition coefficient (Wildman–Crippen LogP) is 4.61. The van der Waals surface area contributed by atoms with E-state index in [1.807, 2.05) is 79.9 Å². The van der Waals surface area contributed by atoms with Gasteiger partial charge in [0, 0.05) is 0 Å². The van der Waals surface area contributed by atoms with Crippen molar-refractivity contribution in [3.8, 4) is 0 Å². The van der Waals surface area contributed by atoms with Crippen LogP contribution in [0, 0.1) is 13.8 Å². The molecule has 0 heterocycles. The number of hydrogen-bond donors (Lipinski definition) is 2. The molecule has 7 heteroatoms. The maximum absolute atomic E-state index is 13.4. The van der Waals surface area contributed by atoms with Crippen molar-refractivity contribution in [1.29, 1.82) is 0 Å². The maximum atomic E-state index is 13.4. The summed E-state index contributed by atoms with van der Waals surface area (Å²) in [6, 6.07) is 23.2. The monoisotopic (exact) mass is 482 g/mol. The Morgan fingerprint density at radius 2 is 1.48 bits per heavy atom. The minimum Gasteiger partial charge on any atom is -0.344 e. The number of sulfonamides is 1. The van der Waals surface area contributed by atoms with Crippen LogP contribution in [0.5, 0.6) is 0 Å². The lowest BCUT2D eigenvalue weighted by Gasteiger charge is -2.24. The predicted molar refractivity (Wildman–Crippen MR) is 136 cm³/mol. The zero-order valence-electron chi connectivity index (χ0n) is 19.1. The van der Waals surface area contributed by atoms with Crippen molar-refractivity contribution < 1.29 is 13.2 Å². The number of thioether (sulfide) groups is 1. The molecule has 0 saturated carbocycles. The lowest BCUT2D eigenvalue weighted by Crippen LogP contribution is -2.48. The Morgan fingerprint density at radius 3 is 2.00 bits per heavy atom. The van der Waals surface area contributed by atoms with Gasteiger partial charge in [0.25, 0.3) is 0 Å². The first-order chi connectivity index (χ1) is 15.8. The maximum Gasteiger partial charge on any atom is 0.241 e. The summed E-state index contributed by atoms with van der Waals surface area (Å²) in [6.45, 7) is 3.68. The molecule has 3 aromatic rings. The summed E-state index contributed by atoms with van der Waals surface area (Å²) in [5, 5.41) is 3.08. The van der Waals surface area contributed by atoms with Crippen LogP contribution < -0.4 is 10.0 Å². The van der Waals surface area contributed by atoms with Gasteiger partial charge in [-0.05, 0) is 55.0 Å². The van der Waals surface area contributed by atoms with E-state index in [0.717, 1.165) is 16.7 Å². The van der Waals surface area contributed by atoms with E-state index in [-0.39, 0.29) is 16.8 Å². The molecule has 0 aromatic heterocycles. The van der Waals surface area contributed by atoms with E-state index in [1.54, 1.807) is 30.8 Å². The fourth-order valence-corrected chi connectivity index (χ4v) is 5.65. The molecular weight excluding hydrogens is 452 g/mol. The van der Waals surface area contributed by atoms with Crippen LogP contribution in [0.1, 0.15) is 34.7 Å². The highest BCUT2D eigenvalue weighted by Crippen LogP contribution is 2.23. The van der Waals surface area contributed by atoms with E-state index in [9.17, 15) is 13.2 Å². The van der Waals surface area contributed by atoms with Gasteiger partial charge in [-0.2, -0.15) is 16.5 Å². The molecule has 0 fully saturated rings. The summed E-state index contributed by atoms with van der Waals surface area (Å²) in [4.78, 5) is 13.6. The first kappa shape index (κ1) is 25.0. The number of carbonyl (C=O) groups is 1. The molecule has 0 aliphatic rings. The summed E-state index contributed by atoms with van der Waals surface area (Å²) in [6.07, 6.45) is 2.32. The number of carbonyl (C=O) groups excluding carboxylic acids is 1. The van der Waals surface area contributed by atoms with E-state index in [4.69, 9.17) is 0 Å². The molecule has 0 bridgehead atoms. The Labute approximate surface area is 201 Å². The van der Waals surface area contributed by atoms with Crippen molar-refractivity contribution in [3.63, 3.8) is 0 Å². The zero-order chi connectivity index (χ0) is 23.8. The van der Waals surface area contributed by atoms with Gasteiger partial charge in [0.15, 0.2) is 0 Å². The molecule has 3 rings (SSSR count). The zero-order valence-corrected chi connectivity index (χ0v) is 20.7. The first-order valence-corrected chi connectivity index (χ1v) is 13.7. The van der Waals surface area contributed by atoms with Gasteiger partial charge in [0.05, 0.1) is 10.9 Å².